The van der Waals surface area contributed by atoms with Gasteiger partial charge in [-0.3, -0.25) is 14.5 Å². The number of amides is 1. The number of aromatic hydroxyl groups is 1. The van der Waals surface area contributed by atoms with Crippen molar-refractivity contribution in [2.45, 2.75) is 44.9 Å². The van der Waals surface area contributed by atoms with Gasteiger partial charge in [0, 0.05) is 32.4 Å². The Kier molecular flexibility index (Phi) is 6.99. The van der Waals surface area contributed by atoms with E-state index in [0.29, 0.717) is 25.6 Å². The van der Waals surface area contributed by atoms with Gasteiger partial charge in [0.1, 0.15) is 17.5 Å². The summed E-state index contributed by atoms with van der Waals surface area (Å²) in [5.41, 5.74) is 4.62. The van der Waals surface area contributed by atoms with Gasteiger partial charge in [-0.15, -0.1) is 0 Å². The van der Waals surface area contributed by atoms with Gasteiger partial charge in [-0.1, -0.05) is 12.1 Å². The molecule has 5 rings (SSSR count). The van der Waals surface area contributed by atoms with Crippen LogP contribution in [0.25, 0.3) is 0 Å². The Balaban J connectivity index is 0.000000257. The first-order valence-electron chi connectivity index (χ1n) is 11.5. The van der Waals surface area contributed by atoms with Crippen LogP contribution in [0, 0.1) is 11.7 Å². The molecule has 3 heterocycles. The third kappa shape index (κ3) is 4.97. The van der Waals surface area contributed by atoms with E-state index >= 15 is 0 Å². The van der Waals surface area contributed by atoms with Gasteiger partial charge >= 0.3 is 5.97 Å². The number of halogens is 1. The molecule has 0 radical (unpaired) electrons. The third-order valence-corrected chi connectivity index (χ3v) is 6.52. The molecule has 1 atom stereocenters. The van der Waals surface area contributed by atoms with Crippen molar-refractivity contribution >= 4 is 11.9 Å². The molecule has 182 valence electrons. The summed E-state index contributed by atoms with van der Waals surface area (Å²) in [7, 11) is 0. The molecule has 2 aliphatic heterocycles. The van der Waals surface area contributed by atoms with E-state index in [1.54, 1.807) is 17.0 Å². The van der Waals surface area contributed by atoms with Gasteiger partial charge in [-0.2, -0.15) is 0 Å². The van der Waals surface area contributed by atoms with Crippen LogP contribution in [-0.2, 0) is 13.1 Å². The minimum absolute atomic E-state index is 0.0977. The highest BCUT2D eigenvalue weighted by molar-refractivity contribution is 5.97. The lowest BCUT2D eigenvalue weighted by Gasteiger charge is -2.42. The molecule has 1 aromatic heterocycles. The average molecular weight is 473 g/mol. The molecular weight excluding hydrogens is 443 g/mol. The van der Waals surface area contributed by atoms with Crippen molar-refractivity contribution in [3.05, 3.63) is 63.3 Å². The second-order valence-corrected chi connectivity index (χ2v) is 8.98. The first kappa shape index (κ1) is 23.9. The Hall–Kier alpha value is -3.24. The molecule has 4 N–H and O–H groups in total. The van der Waals surface area contributed by atoms with Crippen LogP contribution in [0.5, 0.6) is 5.75 Å². The second-order valence-electron chi connectivity index (χ2n) is 8.98. The van der Waals surface area contributed by atoms with E-state index in [0.717, 1.165) is 31.5 Å². The summed E-state index contributed by atoms with van der Waals surface area (Å²) in [6.45, 7) is 3.25. The smallest absolute Gasteiger partial charge is 0.341 e. The standard InChI is InChI=1S/C17H21N3O5.C7H8FN/c21-14-11(17(24)25)8-19-9-12-18(7-10-3-4-10)5-1-2-6-20(12)16(23)13(19)15(14)22;8-7-3-1-6(5-9)2-4-7/h8,10,12,22H,1-7,9H2,(H,24,25);1-4H,5,9H2. The van der Waals surface area contributed by atoms with E-state index in [9.17, 15) is 29.0 Å². The molecule has 9 nitrogen and oxygen atoms in total. The van der Waals surface area contributed by atoms with Gasteiger partial charge < -0.3 is 25.4 Å². The maximum absolute atomic E-state index is 12.9. The number of pyridine rings is 1. The van der Waals surface area contributed by atoms with Gasteiger partial charge in [0.15, 0.2) is 11.4 Å². The monoisotopic (exact) mass is 472 g/mol. The van der Waals surface area contributed by atoms with E-state index in [1.165, 1.54) is 35.7 Å². The highest BCUT2D eigenvalue weighted by Gasteiger charge is 2.41. The number of carbonyl (C=O) groups is 2. The van der Waals surface area contributed by atoms with Crippen LogP contribution >= 0.6 is 0 Å². The maximum Gasteiger partial charge on any atom is 0.341 e. The van der Waals surface area contributed by atoms with E-state index in [2.05, 4.69) is 4.90 Å². The van der Waals surface area contributed by atoms with E-state index in [4.69, 9.17) is 5.73 Å². The molecule has 1 amide bonds. The summed E-state index contributed by atoms with van der Waals surface area (Å²) in [6.07, 6.45) is 5.32. The molecule has 1 saturated carbocycles. The van der Waals surface area contributed by atoms with E-state index in [1.807, 2.05) is 0 Å². The number of nitrogens with zero attached hydrogens (tertiary/aromatic N) is 3. The Morgan fingerprint density at radius 3 is 2.41 bits per heavy atom. The zero-order chi connectivity index (χ0) is 24.4. The number of hydrogen-bond donors (Lipinski definition) is 3. The van der Waals surface area contributed by atoms with Crippen LogP contribution < -0.4 is 11.2 Å². The summed E-state index contributed by atoms with van der Waals surface area (Å²) in [6, 6.07) is 6.16. The van der Waals surface area contributed by atoms with Crippen LogP contribution in [0.15, 0.2) is 35.3 Å². The van der Waals surface area contributed by atoms with Gasteiger partial charge in [0.25, 0.3) is 5.91 Å². The van der Waals surface area contributed by atoms with Crippen LogP contribution in [-0.4, -0.2) is 62.3 Å². The number of rotatable bonds is 4. The van der Waals surface area contributed by atoms with Gasteiger partial charge in [0.2, 0.25) is 5.43 Å². The minimum Gasteiger partial charge on any atom is -0.503 e. The van der Waals surface area contributed by atoms with Gasteiger partial charge in [-0.05, 0) is 49.3 Å². The van der Waals surface area contributed by atoms with Crippen LogP contribution in [0.4, 0.5) is 4.39 Å². The fraction of sp³-hybridized carbons (Fsp3) is 0.458. The molecule has 1 saturated heterocycles. The van der Waals surface area contributed by atoms with Crippen molar-refractivity contribution < 1.29 is 24.2 Å². The lowest BCUT2D eigenvalue weighted by molar-refractivity contribution is 0.0204. The molecule has 34 heavy (non-hydrogen) atoms. The average Bonchev–Trinajstić information content (AvgIpc) is 3.65. The van der Waals surface area contributed by atoms with Crippen LogP contribution in [0.3, 0.4) is 0 Å². The van der Waals surface area contributed by atoms with E-state index < -0.39 is 28.6 Å². The first-order valence-corrected chi connectivity index (χ1v) is 11.5. The number of carbonyl (C=O) groups excluding carboxylic acids is 1. The number of carboxylic acids is 1. The second kappa shape index (κ2) is 9.94. The first-order chi connectivity index (χ1) is 16.3. The number of hydrogen-bond acceptors (Lipinski definition) is 6. The van der Waals surface area contributed by atoms with Crippen molar-refractivity contribution in [2.75, 3.05) is 19.6 Å². The molecule has 1 aromatic carbocycles. The molecule has 3 aliphatic rings. The number of aromatic carboxylic acids is 1. The van der Waals surface area contributed by atoms with Crippen LogP contribution in [0.2, 0.25) is 0 Å². The quantitative estimate of drug-likeness (QED) is 0.619. The largest absolute Gasteiger partial charge is 0.503 e. The summed E-state index contributed by atoms with van der Waals surface area (Å²) < 4.78 is 13.6. The molecule has 1 unspecified atom stereocenters. The Labute approximate surface area is 196 Å². The number of fused-ring (bicyclic) bond motifs is 2. The predicted octanol–water partition coefficient (Wildman–Crippen LogP) is 1.82. The molecule has 2 fully saturated rings. The molecule has 0 spiro atoms. The summed E-state index contributed by atoms with van der Waals surface area (Å²) in [5.74, 6) is -2.10. The maximum atomic E-state index is 12.9. The zero-order valence-electron chi connectivity index (χ0n) is 18.8. The molecule has 10 heteroatoms. The third-order valence-electron chi connectivity index (χ3n) is 6.52. The van der Waals surface area contributed by atoms with Gasteiger partial charge in [0.05, 0.1) is 6.54 Å². The zero-order valence-corrected chi connectivity index (χ0v) is 18.8. The normalized spacial score (nSPS) is 20.0. The Morgan fingerprint density at radius 1 is 1.12 bits per heavy atom. The number of benzene rings is 1. The van der Waals surface area contributed by atoms with Crippen molar-refractivity contribution in [1.82, 2.24) is 14.4 Å². The number of nitrogens with two attached hydrogens (primary N) is 1. The summed E-state index contributed by atoms with van der Waals surface area (Å²) in [5, 5.41) is 19.4. The van der Waals surface area contributed by atoms with Crippen molar-refractivity contribution in [1.29, 1.82) is 0 Å². The lowest BCUT2D eigenvalue weighted by Crippen LogP contribution is -2.56. The Morgan fingerprint density at radius 2 is 1.79 bits per heavy atom. The fourth-order valence-electron chi connectivity index (χ4n) is 4.49. The minimum atomic E-state index is -1.40. The topological polar surface area (TPSA) is 129 Å². The molecule has 0 bridgehead atoms. The fourth-order valence-corrected chi connectivity index (χ4v) is 4.49. The summed E-state index contributed by atoms with van der Waals surface area (Å²) in [4.78, 5) is 40.3. The van der Waals surface area contributed by atoms with Crippen LogP contribution in [0.1, 0.15) is 52.1 Å². The molecular formula is C24H29FN4O5. The number of aromatic nitrogens is 1. The SMILES string of the molecule is NCc1ccc(F)cc1.O=C(O)c1cn2c(c(O)c1=O)C(=O)N1CCCCN(CC3CC3)C1C2. The number of carboxylic acid groups (broad SMARTS) is 1. The van der Waals surface area contributed by atoms with Crippen molar-refractivity contribution in [2.24, 2.45) is 11.7 Å². The van der Waals surface area contributed by atoms with Crippen molar-refractivity contribution in [3.63, 3.8) is 0 Å². The van der Waals surface area contributed by atoms with Crippen molar-refractivity contribution in [3.8, 4) is 5.75 Å². The Bertz CT molecular complexity index is 1130. The molecule has 2 aromatic rings. The lowest BCUT2D eigenvalue weighted by atomic mass is 10.1. The highest BCUT2D eigenvalue weighted by Crippen LogP contribution is 2.33. The van der Waals surface area contributed by atoms with Gasteiger partial charge in [-0.25, -0.2) is 9.18 Å². The van der Waals surface area contributed by atoms with E-state index in [-0.39, 0.29) is 17.7 Å². The summed E-state index contributed by atoms with van der Waals surface area (Å²) >= 11 is 0. The predicted molar refractivity (Wildman–Crippen MR) is 122 cm³/mol. The highest BCUT2D eigenvalue weighted by atomic mass is 19.1. The molecule has 1 aliphatic carbocycles.